The van der Waals surface area contributed by atoms with Crippen molar-refractivity contribution in [2.75, 3.05) is 7.11 Å². The molecule has 0 saturated carbocycles. The zero-order valence-corrected chi connectivity index (χ0v) is 12.3. The summed E-state index contributed by atoms with van der Waals surface area (Å²) in [5.74, 6) is -0.108. The van der Waals surface area contributed by atoms with Crippen LogP contribution in [-0.4, -0.2) is 23.9 Å². The molecule has 0 unspecified atom stereocenters. The Bertz CT molecular complexity index is 642. The summed E-state index contributed by atoms with van der Waals surface area (Å²) in [5.41, 5.74) is 1.90. The number of amides is 1. The number of carbonyl (C=O) groups excluding carboxylic acids is 2. The van der Waals surface area contributed by atoms with E-state index in [9.17, 15) is 14.7 Å². The van der Waals surface area contributed by atoms with Crippen LogP contribution in [0.3, 0.4) is 0 Å². The van der Waals surface area contributed by atoms with Gasteiger partial charge in [-0.1, -0.05) is 30.9 Å². The SMILES string of the molecule is C=C1CC(=O)/C(=C\C=C\c2c(CO)cccc2OC)C(=O)N1. The van der Waals surface area contributed by atoms with Crippen molar-refractivity contribution < 1.29 is 19.4 Å². The molecule has 1 heterocycles. The smallest absolute Gasteiger partial charge is 0.259 e. The molecule has 1 aromatic carbocycles. The standard InChI is InChI=1S/C17H17NO4/c1-11-9-15(20)14(17(21)18-11)7-4-6-13-12(10-19)5-3-8-16(13)22-2/h3-8,19H,1,9-10H2,2H3,(H,18,21)/b6-4+,14-7+. The molecular weight excluding hydrogens is 282 g/mol. The maximum absolute atomic E-state index is 11.8. The predicted molar refractivity (Wildman–Crippen MR) is 82.9 cm³/mol. The summed E-state index contributed by atoms with van der Waals surface area (Å²) in [5, 5.41) is 11.9. The second-order valence-corrected chi connectivity index (χ2v) is 4.79. The minimum Gasteiger partial charge on any atom is -0.496 e. The summed E-state index contributed by atoms with van der Waals surface area (Å²) in [7, 11) is 1.54. The van der Waals surface area contributed by atoms with Crippen LogP contribution in [0.5, 0.6) is 5.75 Å². The Labute approximate surface area is 128 Å². The zero-order chi connectivity index (χ0) is 16.1. The van der Waals surface area contributed by atoms with Crippen LogP contribution in [0, 0.1) is 0 Å². The fraction of sp³-hybridized carbons (Fsp3) is 0.176. The van der Waals surface area contributed by atoms with Crippen LogP contribution in [-0.2, 0) is 16.2 Å². The van der Waals surface area contributed by atoms with Gasteiger partial charge < -0.3 is 15.2 Å². The van der Waals surface area contributed by atoms with E-state index >= 15 is 0 Å². The fourth-order valence-electron chi connectivity index (χ4n) is 2.19. The second kappa shape index (κ2) is 6.87. The average Bonchev–Trinajstić information content (AvgIpc) is 2.49. The molecule has 2 N–H and O–H groups in total. The Hall–Kier alpha value is -2.66. The molecule has 5 heteroatoms. The van der Waals surface area contributed by atoms with Crippen molar-refractivity contribution in [3.63, 3.8) is 0 Å². The lowest BCUT2D eigenvalue weighted by Gasteiger charge is -2.15. The van der Waals surface area contributed by atoms with Gasteiger partial charge in [0.1, 0.15) is 5.75 Å². The number of allylic oxidation sites excluding steroid dienone is 3. The summed E-state index contributed by atoms with van der Waals surface area (Å²) in [6.45, 7) is 3.45. The predicted octanol–water partition coefficient (Wildman–Crippen LogP) is 1.73. The lowest BCUT2D eigenvalue weighted by molar-refractivity contribution is -0.123. The number of hydrogen-bond donors (Lipinski definition) is 2. The number of ketones is 1. The normalized spacial score (nSPS) is 17.2. The number of methoxy groups -OCH3 is 1. The van der Waals surface area contributed by atoms with Crippen molar-refractivity contribution >= 4 is 17.8 Å². The van der Waals surface area contributed by atoms with Gasteiger partial charge in [0.25, 0.3) is 5.91 Å². The van der Waals surface area contributed by atoms with Gasteiger partial charge in [-0.3, -0.25) is 9.59 Å². The number of aliphatic hydroxyl groups excluding tert-OH is 1. The third-order valence-corrected chi connectivity index (χ3v) is 3.28. The highest BCUT2D eigenvalue weighted by molar-refractivity contribution is 6.22. The molecule has 1 aromatic rings. The third kappa shape index (κ3) is 3.32. The van der Waals surface area contributed by atoms with Gasteiger partial charge in [0.2, 0.25) is 0 Å². The van der Waals surface area contributed by atoms with Crippen molar-refractivity contribution in [1.82, 2.24) is 5.32 Å². The van der Waals surface area contributed by atoms with Crippen molar-refractivity contribution in [2.45, 2.75) is 13.0 Å². The first-order valence-electron chi connectivity index (χ1n) is 6.74. The van der Waals surface area contributed by atoms with Gasteiger partial charge in [-0.15, -0.1) is 0 Å². The summed E-state index contributed by atoms with van der Waals surface area (Å²) in [4.78, 5) is 23.6. The number of aliphatic hydroxyl groups is 1. The topological polar surface area (TPSA) is 75.6 Å². The monoisotopic (exact) mass is 299 g/mol. The number of piperidine rings is 1. The van der Waals surface area contributed by atoms with E-state index in [0.29, 0.717) is 22.6 Å². The van der Waals surface area contributed by atoms with E-state index in [1.54, 1.807) is 30.4 Å². The molecule has 0 aromatic heterocycles. The van der Waals surface area contributed by atoms with E-state index in [-0.39, 0.29) is 24.4 Å². The van der Waals surface area contributed by atoms with E-state index in [1.807, 2.05) is 0 Å². The third-order valence-electron chi connectivity index (χ3n) is 3.28. The number of nitrogens with one attached hydrogen (secondary N) is 1. The van der Waals surface area contributed by atoms with Crippen LogP contribution in [0.25, 0.3) is 6.08 Å². The lowest BCUT2D eigenvalue weighted by atomic mass is 10.0. The number of carbonyl (C=O) groups is 2. The first kappa shape index (κ1) is 15.7. The van der Waals surface area contributed by atoms with Gasteiger partial charge >= 0.3 is 0 Å². The highest BCUT2D eigenvalue weighted by Crippen LogP contribution is 2.24. The first-order chi connectivity index (χ1) is 10.6. The van der Waals surface area contributed by atoms with Gasteiger partial charge in [-0.2, -0.15) is 0 Å². The molecule has 1 aliphatic heterocycles. The van der Waals surface area contributed by atoms with Gasteiger partial charge in [0.05, 0.1) is 25.7 Å². The maximum Gasteiger partial charge on any atom is 0.259 e. The lowest BCUT2D eigenvalue weighted by Crippen LogP contribution is -2.34. The minimum atomic E-state index is -0.451. The highest BCUT2D eigenvalue weighted by atomic mass is 16.5. The number of ether oxygens (including phenoxy) is 1. The van der Waals surface area contributed by atoms with Crippen LogP contribution < -0.4 is 10.1 Å². The number of benzene rings is 1. The van der Waals surface area contributed by atoms with Gasteiger partial charge in [0.15, 0.2) is 5.78 Å². The molecule has 0 spiro atoms. The van der Waals surface area contributed by atoms with Crippen LogP contribution in [0.1, 0.15) is 17.5 Å². The molecule has 1 fully saturated rings. The Morgan fingerprint density at radius 1 is 1.41 bits per heavy atom. The summed E-state index contributed by atoms with van der Waals surface area (Å²) < 4.78 is 5.25. The van der Waals surface area contributed by atoms with E-state index < -0.39 is 5.91 Å². The Morgan fingerprint density at radius 3 is 2.82 bits per heavy atom. The van der Waals surface area contributed by atoms with Gasteiger partial charge in [-0.05, 0) is 17.7 Å². The van der Waals surface area contributed by atoms with Gasteiger partial charge in [-0.25, -0.2) is 0 Å². The van der Waals surface area contributed by atoms with Crippen LogP contribution in [0.4, 0.5) is 0 Å². The fourth-order valence-corrected chi connectivity index (χ4v) is 2.19. The van der Waals surface area contributed by atoms with Crippen LogP contribution in [0.15, 0.2) is 48.2 Å². The molecule has 0 radical (unpaired) electrons. The van der Waals surface area contributed by atoms with Gasteiger partial charge in [0, 0.05) is 11.3 Å². The Balaban J connectivity index is 2.29. The molecule has 0 atom stereocenters. The minimum absolute atomic E-state index is 0.0871. The number of Topliss-reactive ketones (excluding diaryl/α,β-unsaturated/α-hetero) is 1. The van der Waals surface area contributed by atoms with Crippen molar-refractivity contribution in [1.29, 1.82) is 0 Å². The molecule has 1 saturated heterocycles. The van der Waals surface area contributed by atoms with E-state index in [0.717, 1.165) is 0 Å². The van der Waals surface area contributed by atoms with Crippen LogP contribution >= 0.6 is 0 Å². The molecule has 0 bridgehead atoms. The summed E-state index contributed by atoms with van der Waals surface area (Å²) in [6.07, 6.45) is 4.86. The molecule has 1 amide bonds. The maximum atomic E-state index is 11.8. The number of hydrogen-bond acceptors (Lipinski definition) is 4. The molecule has 0 aliphatic carbocycles. The van der Waals surface area contributed by atoms with E-state index in [2.05, 4.69) is 11.9 Å². The van der Waals surface area contributed by atoms with Crippen molar-refractivity contribution in [3.8, 4) is 5.75 Å². The molecular formula is C17H17NO4. The Morgan fingerprint density at radius 2 is 2.18 bits per heavy atom. The average molecular weight is 299 g/mol. The zero-order valence-electron chi connectivity index (χ0n) is 12.3. The van der Waals surface area contributed by atoms with E-state index in [4.69, 9.17) is 4.74 Å². The highest BCUT2D eigenvalue weighted by Gasteiger charge is 2.24. The van der Waals surface area contributed by atoms with Crippen molar-refractivity contribution in [2.24, 2.45) is 0 Å². The number of rotatable bonds is 4. The quantitative estimate of drug-likeness (QED) is 0.656. The largest absolute Gasteiger partial charge is 0.496 e. The Kier molecular flexibility index (Phi) is 4.91. The summed E-state index contributed by atoms with van der Waals surface area (Å²) in [6, 6.07) is 5.33. The molecule has 2 rings (SSSR count). The molecule has 114 valence electrons. The molecule has 5 nitrogen and oxygen atoms in total. The molecule has 22 heavy (non-hydrogen) atoms. The van der Waals surface area contributed by atoms with E-state index in [1.165, 1.54) is 13.2 Å². The second-order valence-electron chi connectivity index (χ2n) is 4.79. The van der Waals surface area contributed by atoms with Crippen molar-refractivity contribution in [3.05, 3.63) is 59.3 Å². The first-order valence-corrected chi connectivity index (χ1v) is 6.74. The summed E-state index contributed by atoms with van der Waals surface area (Å²) >= 11 is 0. The van der Waals surface area contributed by atoms with Crippen LogP contribution in [0.2, 0.25) is 0 Å². The molecule has 1 aliphatic rings.